The molecule has 0 aromatic heterocycles. The van der Waals surface area contributed by atoms with Crippen LogP contribution in [0.2, 0.25) is 0 Å². The summed E-state index contributed by atoms with van der Waals surface area (Å²) in [7, 11) is 0. The van der Waals surface area contributed by atoms with E-state index in [9.17, 15) is 4.79 Å². The molecule has 1 aliphatic heterocycles. The highest BCUT2D eigenvalue weighted by atomic mass is 35.5. The van der Waals surface area contributed by atoms with Gasteiger partial charge in [0.25, 0.3) is 0 Å². The third kappa shape index (κ3) is 1.83. The standard InChI is InChI=1S/C10H16ClNO/c11-5-1-2-10(13)12-7-8-3-4-9(12)6-8/h8-9H,1-7H2. The Labute approximate surface area is 84.2 Å². The highest BCUT2D eigenvalue weighted by Crippen LogP contribution is 2.37. The average Bonchev–Trinajstić information content (AvgIpc) is 2.74. The van der Waals surface area contributed by atoms with E-state index in [1.165, 1.54) is 19.3 Å². The highest BCUT2D eigenvalue weighted by Gasteiger charge is 2.39. The third-order valence-corrected chi connectivity index (χ3v) is 3.52. The van der Waals surface area contributed by atoms with Crippen molar-refractivity contribution in [2.45, 2.75) is 38.1 Å². The maximum Gasteiger partial charge on any atom is 0.222 e. The SMILES string of the molecule is O=C(CCCCl)N1CC2CCC1C2. The fourth-order valence-corrected chi connectivity index (χ4v) is 2.73. The lowest BCUT2D eigenvalue weighted by molar-refractivity contribution is -0.132. The first-order valence-electron chi connectivity index (χ1n) is 5.16. The molecule has 2 bridgehead atoms. The van der Waals surface area contributed by atoms with Crippen molar-refractivity contribution in [2.24, 2.45) is 5.92 Å². The predicted octanol–water partition coefficient (Wildman–Crippen LogP) is 2.02. The monoisotopic (exact) mass is 201 g/mol. The van der Waals surface area contributed by atoms with Crippen LogP contribution in [-0.4, -0.2) is 29.3 Å². The Balaban J connectivity index is 1.84. The molecule has 2 fully saturated rings. The van der Waals surface area contributed by atoms with Gasteiger partial charge in [-0.25, -0.2) is 0 Å². The quantitative estimate of drug-likeness (QED) is 0.640. The number of amides is 1. The van der Waals surface area contributed by atoms with E-state index in [2.05, 4.69) is 4.90 Å². The molecular formula is C10H16ClNO. The molecule has 1 heterocycles. The minimum Gasteiger partial charge on any atom is -0.339 e. The number of likely N-dealkylation sites (tertiary alicyclic amines) is 1. The summed E-state index contributed by atoms with van der Waals surface area (Å²) in [6.45, 7) is 1.02. The minimum atomic E-state index is 0.327. The first kappa shape index (κ1) is 9.32. The van der Waals surface area contributed by atoms with Crippen LogP contribution in [0.4, 0.5) is 0 Å². The fraction of sp³-hybridized carbons (Fsp3) is 0.900. The topological polar surface area (TPSA) is 20.3 Å². The lowest BCUT2D eigenvalue weighted by Gasteiger charge is -2.26. The first-order valence-corrected chi connectivity index (χ1v) is 5.70. The lowest BCUT2D eigenvalue weighted by atomic mass is 10.1. The van der Waals surface area contributed by atoms with Crippen LogP contribution in [0.1, 0.15) is 32.1 Å². The molecule has 1 amide bonds. The predicted molar refractivity (Wildman–Crippen MR) is 52.8 cm³/mol. The van der Waals surface area contributed by atoms with Gasteiger partial charge in [-0.15, -0.1) is 11.6 Å². The smallest absolute Gasteiger partial charge is 0.222 e. The van der Waals surface area contributed by atoms with Crippen LogP contribution in [0.25, 0.3) is 0 Å². The molecule has 2 unspecified atom stereocenters. The van der Waals surface area contributed by atoms with Crippen molar-refractivity contribution >= 4 is 17.5 Å². The molecule has 0 radical (unpaired) electrons. The van der Waals surface area contributed by atoms with E-state index in [1.807, 2.05) is 0 Å². The van der Waals surface area contributed by atoms with Gasteiger partial charge < -0.3 is 4.90 Å². The summed E-state index contributed by atoms with van der Waals surface area (Å²) in [4.78, 5) is 13.7. The largest absolute Gasteiger partial charge is 0.339 e. The molecular weight excluding hydrogens is 186 g/mol. The lowest BCUT2D eigenvalue weighted by Crippen LogP contribution is -2.37. The number of carbonyl (C=O) groups excluding carboxylic acids is 1. The summed E-state index contributed by atoms with van der Waals surface area (Å²) >= 11 is 5.56. The maximum absolute atomic E-state index is 11.7. The molecule has 2 aliphatic rings. The average molecular weight is 202 g/mol. The number of nitrogens with zero attached hydrogens (tertiary/aromatic N) is 1. The molecule has 0 N–H and O–H groups in total. The molecule has 0 spiro atoms. The van der Waals surface area contributed by atoms with Gasteiger partial charge in [0.2, 0.25) is 5.91 Å². The second-order valence-electron chi connectivity index (χ2n) is 4.17. The molecule has 2 nitrogen and oxygen atoms in total. The van der Waals surface area contributed by atoms with Crippen molar-refractivity contribution in [3.8, 4) is 0 Å². The van der Waals surface area contributed by atoms with Gasteiger partial charge in [-0.2, -0.15) is 0 Å². The number of carbonyl (C=O) groups is 1. The summed E-state index contributed by atoms with van der Waals surface area (Å²) in [6.07, 6.45) is 5.30. The van der Waals surface area contributed by atoms with Crippen LogP contribution >= 0.6 is 11.6 Å². The van der Waals surface area contributed by atoms with Crippen LogP contribution in [0, 0.1) is 5.92 Å². The number of hydrogen-bond acceptors (Lipinski definition) is 1. The van der Waals surface area contributed by atoms with Crippen molar-refractivity contribution in [3.63, 3.8) is 0 Å². The van der Waals surface area contributed by atoms with Gasteiger partial charge in [0.15, 0.2) is 0 Å². The van der Waals surface area contributed by atoms with E-state index in [-0.39, 0.29) is 0 Å². The zero-order valence-electron chi connectivity index (χ0n) is 7.84. The summed E-state index contributed by atoms with van der Waals surface area (Å²) in [6, 6.07) is 0.577. The Kier molecular flexibility index (Phi) is 2.77. The van der Waals surface area contributed by atoms with E-state index in [4.69, 9.17) is 11.6 Å². The minimum absolute atomic E-state index is 0.327. The molecule has 0 aromatic rings. The van der Waals surface area contributed by atoms with Crippen LogP contribution in [0.3, 0.4) is 0 Å². The third-order valence-electron chi connectivity index (χ3n) is 3.25. The molecule has 1 saturated carbocycles. The van der Waals surface area contributed by atoms with Crippen molar-refractivity contribution < 1.29 is 4.79 Å². The second kappa shape index (κ2) is 3.87. The van der Waals surface area contributed by atoms with Crippen molar-refractivity contribution in [3.05, 3.63) is 0 Å². The first-order chi connectivity index (χ1) is 6.31. The Morgan fingerprint density at radius 2 is 2.31 bits per heavy atom. The zero-order chi connectivity index (χ0) is 9.26. The molecule has 74 valence electrons. The molecule has 1 saturated heterocycles. The summed E-state index contributed by atoms with van der Waals surface area (Å²) in [5, 5.41) is 0. The number of hydrogen-bond donors (Lipinski definition) is 0. The number of piperidine rings is 1. The van der Waals surface area contributed by atoms with E-state index < -0.39 is 0 Å². The molecule has 2 atom stereocenters. The van der Waals surface area contributed by atoms with Crippen molar-refractivity contribution in [2.75, 3.05) is 12.4 Å². The Morgan fingerprint density at radius 1 is 1.46 bits per heavy atom. The summed E-state index contributed by atoms with van der Waals surface area (Å²) in [5.41, 5.74) is 0. The highest BCUT2D eigenvalue weighted by molar-refractivity contribution is 6.17. The van der Waals surface area contributed by atoms with E-state index >= 15 is 0 Å². The van der Waals surface area contributed by atoms with Crippen molar-refractivity contribution in [1.29, 1.82) is 0 Å². The van der Waals surface area contributed by atoms with E-state index in [0.29, 0.717) is 24.2 Å². The van der Waals surface area contributed by atoms with Crippen LogP contribution < -0.4 is 0 Å². The van der Waals surface area contributed by atoms with Gasteiger partial charge in [-0.05, 0) is 31.6 Å². The van der Waals surface area contributed by atoms with Gasteiger partial charge in [-0.1, -0.05) is 0 Å². The number of fused-ring (bicyclic) bond motifs is 2. The number of alkyl halides is 1. The molecule has 1 aliphatic carbocycles. The Hall–Kier alpha value is -0.240. The maximum atomic E-state index is 11.7. The Bertz CT molecular complexity index is 207. The van der Waals surface area contributed by atoms with E-state index in [1.54, 1.807) is 0 Å². The Morgan fingerprint density at radius 3 is 2.85 bits per heavy atom. The van der Waals surface area contributed by atoms with Gasteiger partial charge in [0, 0.05) is 24.9 Å². The number of halogens is 1. The molecule has 13 heavy (non-hydrogen) atoms. The fourth-order valence-electron chi connectivity index (χ4n) is 2.59. The van der Waals surface area contributed by atoms with Crippen LogP contribution in [-0.2, 0) is 4.79 Å². The van der Waals surface area contributed by atoms with Gasteiger partial charge in [0.1, 0.15) is 0 Å². The summed E-state index contributed by atoms with van der Waals surface area (Å²) in [5.74, 6) is 1.74. The number of rotatable bonds is 3. The summed E-state index contributed by atoms with van der Waals surface area (Å²) < 4.78 is 0. The van der Waals surface area contributed by atoms with Gasteiger partial charge in [-0.3, -0.25) is 4.79 Å². The van der Waals surface area contributed by atoms with Crippen LogP contribution in [0.5, 0.6) is 0 Å². The molecule has 0 aromatic carbocycles. The van der Waals surface area contributed by atoms with E-state index in [0.717, 1.165) is 18.9 Å². The second-order valence-corrected chi connectivity index (χ2v) is 4.55. The molecule has 3 heteroatoms. The van der Waals surface area contributed by atoms with Crippen molar-refractivity contribution in [1.82, 2.24) is 4.90 Å². The normalized spacial score (nSPS) is 31.3. The van der Waals surface area contributed by atoms with Crippen LogP contribution in [0.15, 0.2) is 0 Å². The molecule has 2 rings (SSSR count). The zero-order valence-corrected chi connectivity index (χ0v) is 8.59. The van der Waals surface area contributed by atoms with Gasteiger partial charge in [0.05, 0.1) is 0 Å². The van der Waals surface area contributed by atoms with Gasteiger partial charge >= 0.3 is 0 Å².